The lowest BCUT2D eigenvalue weighted by Gasteiger charge is -2.10. The van der Waals surface area contributed by atoms with E-state index in [1.165, 1.54) is 51.4 Å². The summed E-state index contributed by atoms with van der Waals surface area (Å²) in [5.41, 5.74) is 0. The summed E-state index contributed by atoms with van der Waals surface area (Å²) >= 11 is 0. The van der Waals surface area contributed by atoms with Gasteiger partial charge in [-0.2, -0.15) is 0 Å². The molecule has 98 valence electrons. The molecular weight excluding hydrogens is 198 g/mol. The highest BCUT2D eigenvalue weighted by Crippen LogP contribution is 2.10. The van der Waals surface area contributed by atoms with Crippen molar-refractivity contribution >= 4 is 0 Å². The number of aliphatic hydroxyl groups is 1. The van der Waals surface area contributed by atoms with Gasteiger partial charge < -0.3 is 10.4 Å². The predicted octanol–water partition coefficient (Wildman–Crippen LogP) is 3.49. The molecule has 0 aliphatic heterocycles. The maximum Gasteiger partial charge on any atom is 0.0664 e. The van der Waals surface area contributed by atoms with E-state index in [-0.39, 0.29) is 6.10 Å². The molecule has 2 heteroatoms. The molecule has 0 aliphatic rings. The number of nitrogens with one attached hydrogen (secondary N) is 1. The van der Waals surface area contributed by atoms with Crippen molar-refractivity contribution in [2.75, 3.05) is 13.1 Å². The summed E-state index contributed by atoms with van der Waals surface area (Å²) in [5.74, 6) is 0. The van der Waals surface area contributed by atoms with E-state index in [0.29, 0.717) is 0 Å². The fourth-order valence-electron chi connectivity index (χ4n) is 1.93. The zero-order chi connectivity index (χ0) is 12.1. The molecule has 2 nitrogen and oxygen atoms in total. The lowest BCUT2D eigenvalue weighted by molar-refractivity contribution is 0.158. The van der Waals surface area contributed by atoms with Gasteiger partial charge in [-0.25, -0.2) is 0 Å². The van der Waals surface area contributed by atoms with Gasteiger partial charge in [-0.05, 0) is 13.0 Å². The van der Waals surface area contributed by atoms with E-state index in [0.717, 1.165) is 19.5 Å². The summed E-state index contributed by atoms with van der Waals surface area (Å²) in [6, 6.07) is 0. The second-order valence-electron chi connectivity index (χ2n) is 4.73. The van der Waals surface area contributed by atoms with Crippen LogP contribution in [0, 0.1) is 0 Å². The van der Waals surface area contributed by atoms with Gasteiger partial charge in [-0.1, -0.05) is 65.2 Å². The van der Waals surface area contributed by atoms with Gasteiger partial charge >= 0.3 is 0 Å². The molecule has 0 amide bonds. The predicted molar refractivity (Wildman–Crippen MR) is 71.8 cm³/mol. The largest absolute Gasteiger partial charge is 0.392 e. The van der Waals surface area contributed by atoms with E-state index in [1.54, 1.807) is 0 Å². The SMILES string of the molecule is CCCCCCCCCCC(O)CNCC. The zero-order valence-corrected chi connectivity index (χ0v) is 11.3. The highest BCUT2D eigenvalue weighted by atomic mass is 16.3. The van der Waals surface area contributed by atoms with Gasteiger partial charge in [0, 0.05) is 6.54 Å². The summed E-state index contributed by atoms with van der Waals surface area (Å²) in [4.78, 5) is 0. The maximum absolute atomic E-state index is 9.59. The molecule has 1 unspecified atom stereocenters. The van der Waals surface area contributed by atoms with Crippen LogP contribution in [0.5, 0.6) is 0 Å². The molecule has 0 fully saturated rings. The van der Waals surface area contributed by atoms with Crippen LogP contribution in [0.4, 0.5) is 0 Å². The van der Waals surface area contributed by atoms with Crippen LogP contribution in [0.1, 0.15) is 71.6 Å². The first-order valence-corrected chi connectivity index (χ1v) is 7.20. The molecule has 1 atom stereocenters. The fourth-order valence-corrected chi connectivity index (χ4v) is 1.93. The average molecular weight is 229 g/mol. The van der Waals surface area contributed by atoms with E-state index in [2.05, 4.69) is 19.2 Å². The standard InChI is InChI=1S/C14H31NO/c1-3-5-6-7-8-9-10-11-12-14(16)13-15-4-2/h14-16H,3-13H2,1-2H3. The number of likely N-dealkylation sites (N-methyl/N-ethyl adjacent to an activating group) is 1. The fraction of sp³-hybridized carbons (Fsp3) is 1.00. The molecule has 0 aromatic rings. The van der Waals surface area contributed by atoms with Gasteiger partial charge in [0.05, 0.1) is 6.10 Å². The Morgan fingerprint density at radius 3 is 2.00 bits per heavy atom. The van der Waals surface area contributed by atoms with Crippen LogP contribution in [0.25, 0.3) is 0 Å². The summed E-state index contributed by atoms with van der Waals surface area (Å²) in [6.45, 7) is 6.04. The molecule has 16 heavy (non-hydrogen) atoms. The van der Waals surface area contributed by atoms with Crippen molar-refractivity contribution in [3.8, 4) is 0 Å². The Morgan fingerprint density at radius 1 is 0.875 bits per heavy atom. The average Bonchev–Trinajstić information content (AvgIpc) is 2.30. The van der Waals surface area contributed by atoms with Crippen LogP contribution >= 0.6 is 0 Å². The Kier molecular flexibility index (Phi) is 12.9. The van der Waals surface area contributed by atoms with Gasteiger partial charge in [0.1, 0.15) is 0 Å². The molecule has 0 aromatic carbocycles. The Bertz CT molecular complexity index is 128. The molecule has 0 radical (unpaired) electrons. The second kappa shape index (κ2) is 13.0. The summed E-state index contributed by atoms with van der Waals surface area (Å²) in [6.07, 6.45) is 11.5. The summed E-state index contributed by atoms with van der Waals surface area (Å²) < 4.78 is 0. The van der Waals surface area contributed by atoms with E-state index < -0.39 is 0 Å². The van der Waals surface area contributed by atoms with E-state index in [9.17, 15) is 5.11 Å². The summed E-state index contributed by atoms with van der Waals surface area (Å²) in [5, 5.41) is 12.8. The minimum Gasteiger partial charge on any atom is -0.392 e. The first-order chi connectivity index (χ1) is 7.81. The molecule has 0 saturated carbocycles. The summed E-state index contributed by atoms with van der Waals surface area (Å²) in [7, 11) is 0. The Hall–Kier alpha value is -0.0800. The third-order valence-electron chi connectivity index (χ3n) is 3.02. The number of aliphatic hydroxyl groups excluding tert-OH is 1. The van der Waals surface area contributed by atoms with Crippen LogP contribution in [-0.2, 0) is 0 Å². The van der Waals surface area contributed by atoms with Crippen molar-refractivity contribution < 1.29 is 5.11 Å². The smallest absolute Gasteiger partial charge is 0.0664 e. The molecule has 0 aliphatic carbocycles. The molecule has 2 N–H and O–H groups in total. The van der Waals surface area contributed by atoms with E-state index >= 15 is 0 Å². The zero-order valence-electron chi connectivity index (χ0n) is 11.3. The van der Waals surface area contributed by atoms with Gasteiger partial charge in [0.25, 0.3) is 0 Å². The molecule has 0 saturated heterocycles. The number of hydrogen-bond acceptors (Lipinski definition) is 2. The first kappa shape index (κ1) is 15.9. The molecule has 0 rings (SSSR count). The van der Waals surface area contributed by atoms with Crippen molar-refractivity contribution in [1.82, 2.24) is 5.32 Å². The molecular formula is C14H31NO. The highest BCUT2D eigenvalue weighted by molar-refractivity contribution is 4.58. The topological polar surface area (TPSA) is 32.3 Å². The normalized spacial score (nSPS) is 12.9. The van der Waals surface area contributed by atoms with Gasteiger partial charge in [-0.3, -0.25) is 0 Å². The Labute approximate surface area is 102 Å². The van der Waals surface area contributed by atoms with Crippen LogP contribution in [-0.4, -0.2) is 24.3 Å². The van der Waals surface area contributed by atoms with E-state index in [1.807, 2.05) is 0 Å². The van der Waals surface area contributed by atoms with Crippen molar-refractivity contribution in [3.05, 3.63) is 0 Å². The second-order valence-corrected chi connectivity index (χ2v) is 4.73. The van der Waals surface area contributed by atoms with Crippen molar-refractivity contribution in [2.45, 2.75) is 77.7 Å². The minimum atomic E-state index is -0.139. The molecule has 0 bridgehead atoms. The third kappa shape index (κ3) is 12.0. The Morgan fingerprint density at radius 2 is 1.44 bits per heavy atom. The quantitative estimate of drug-likeness (QED) is 0.502. The van der Waals surface area contributed by atoms with Crippen molar-refractivity contribution in [3.63, 3.8) is 0 Å². The van der Waals surface area contributed by atoms with Crippen LogP contribution in [0.3, 0.4) is 0 Å². The molecule has 0 aromatic heterocycles. The van der Waals surface area contributed by atoms with Gasteiger partial charge in [0.15, 0.2) is 0 Å². The van der Waals surface area contributed by atoms with Gasteiger partial charge in [0.2, 0.25) is 0 Å². The Balaban J connectivity index is 3.02. The lowest BCUT2D eigenvalue weighted by Crippen LogP contribution is -2.26. The van der Waals surface area contributed by atoms with Crippen molar-refractivity contribution in [2.24, 2.45) is 0 Å². The lowest BCUT2D eigenvalue weighted by atomic mass is 10.1. The number of rotatable bonds is 12. The van der Waals surface area contributed by atoms with E-state index in [4.69, 9.17) is 0 Å². The number of unbranched alkanes of at least 4 members (excludes halogenated alkanes) is 7. The third-order valence-corrected chi connectivity index (χ3v) is 3.02. The van der Waals surface area contributed by atoms with Crippen molar-refractivity contribution in [1.29, 1.82) is 0 Å². The van der Waals surface area contributed by atoms with Crippen LogP contribution in [0.15, 0.2) is 0 Å². The molecule has 0 heterocycles. The number of hydrogen-bond donors (Lipinski definition) is 2. The first-order valence-electron chi connectivity index (χ1n) is 7.20. The molecule has 0 spiro atoms. The van der Waals surface area contributed by atoms with Gasteiger partial charge in [-0.15, -0.1) is 0 Å². The minimum absolute atomic E-state index is 0.139. The maximum atomic E-state index is 9.59. The van der Waals surface area contributed by atoms with Crippen LogP contribution < -0.4 is 5.32 Å². The van der Waals surface area contributed by atoms with Crippen LogP contribution in [0.2, 0.25) is 0 Å². The highest BCUT2D eigenvalue weighted by Gasteiger charge is 2.01. The monoisotopic (exact) mass is 229 g/mol.